The third kappa shape index (κ3) is 4.28. The van der Waals surface area contributed by atoms with E-state index < -0.39 is 12.0 Å². The number of carboxylic acids is 1. The number of aliphatic carboxylic acids is 1. The van der Waals surface area contributed by atoms with Gasteiger partial charge in [-0.25, -0.2) is 4.79 Å². The van der Waals surface area contributed by atoms with Crippen molar-refractivity contribution in [3.63, 3.8) is 0 Å². The molecule has 0 radical (unpaired) electrons. The Kier molecular flexibility index (Phi) is 6.61. The molecule has 0 aromatic heterocycles. The van der Waals surface area contributed by atoms with Crippen molar-refractivity contribution in [1.29, 1.82) is 0 Å². The number of hydrogen-bond donors (Lipinski definition) is 1. The van der Waals surface area contributed by atoms with Crippen molar-refractivity contribution >= 4 is 23.5 Å². The number of amides is 1. The van der Waals surface area contributed by atoms with Gasteiger partial charge in [0.05, 0.1) is 6.04 Å². The molecule has 1 saturated heterocycles. The van der Waals surface area contributed by atoms with Crippen LogP contribution in [0.25, 0.3) is 11.1 Å². The summed E-state index contributed by atoms with van der Waals surface area (Å²) in [5.74, 6) is -1.25. The van der Waals surface area contributed by atoms with Crippen LogP contribution in [-0.2, 0) is 11.2 Å². The highest BCUT2D eigenvalue weighted by Crippen LogP contribution is 2.41. The normalized spacial score (nSPS) is 18.0. The smallest absolute Gasteiger partial charge is 0.326 e. The number of rotatable bonds is 6. The van der Waals surface area contributed by atoms with Gasteiger partial charge in [-0.05, 0) is 53.6 Å². The van der Waals surface area contributed by atoms with Crippen LogP contribution in [0.4, 0.5) is 0 Å². The first-order valence-electron chi connectivity index (χ1n) is 11.0. The summed E-state index contributed by atoms with van der Waals surface area (Å²) in [6.07, 6.45) is 2.77. The molecular formula is C27H26ClNO3. The number of halogens is 1. The summed E-state index contributed by atoms with van der Waals surface area (Å²) < 4.78 is 0. The summed E-state index contributed by atoms with van der Waals surface area (Å²) in [7, 11) is 0. The molecule has 32 heavy (non-hydrogen) atoms. The lowest BCUT2D eigenvalue weighted by atomic mass is 9.94. The number of nitrogens with zero attached hydrogens (tertiary/aromatic N) is 1. The average molecular weight is 448 g/mol. The van der Waals surface area contributed by atoms with Gasteiger partial charge in [0.15, 0.2) is 0 Å². The quantitative estimate of drug-likeness (QED) is 0.476. The molecule has 3 aromatic rings. The Morgan fingerprint density at radius 1 is 1.00 bits per heavy atom. The molecule has 4 rings (SSSR count). The number of carboxylic acid groups (broad SMARTS) is 1. The van der Waals surface area contributed by atoms with Gasteiger partial charge in [0, 0.05) is 10.6 Å². The minimum absolute atomic E-state index is 0.267. The first-order chi connectivity index (χ1) is 15.5. The van der Waals surface area contributed by atoms with Crippen molar-refractivity contribution in [2.24, 2.45) is 0 Å². The van der Waals surface area contributed by atoms with Gasteiger partial charge in [0.2, 0.25) is 0 Å². The molecule has 2 unspecified atom stereocenters. The van der Waals surface area contributed by atoms with Crippen LogP contribution in [0, 0.1) is 0 Å². The fraction of sp³-hybridized carbons (Fsp3) is 0.259. The fourth-order valence-corrected chi connectivity index (χ4v) is 4.87. The monoisotopic (exact) mass is 447 g/mol. The number of hydrogen-bond acceptors (Lipinski definition) is 2. The molecule has 164 valence electrons. The van der Waals surface area contributed by atoms with Crippen molar-refractivity contribution in [2.45, 2.75) is 44.7 Å². The van der Waals surface area contributed by atoms with E-state index in [-0.39, 0.29) is 11.9 Å². The predicted octanol–water partition coefficient (Wildman–Crippen LogP) is 6.39. The van der Waals surface area contributed by atoms with E-state index >= 15 is 0 Å². The van der Waals surface area contributed by atoms with E-state index in [1.165, 1.54) is 4.90 Å². The van der Waals surface area contributed by atoms with Crippen LogP contribution in [0.15, 0.2) is 72.8 Å². The molecule has 0 aliphatic carbocycles. The van der Waals surface area contributed by atoms with Crippen molar-refractivity contribution in [1.82, 2.24) is 4.90 Å². The van der Waals surface area contributed by atoms with E-state index in [1.807, 2.05) is 66.7 Å². The maximum Gasteiger partial charge on any atom is 0.326 e. The lowest BCUT2D eigenvalue weighted by Crippen LogP contribution is -2.42. The Morgan fingerprint density at radius 3 is 2.41 bits per heavy atom. The van der Waals surface area contributed by atoms with E-state index in [2.05, 4.69) is 6.92 Å². The van der Waals surface area contributed by atoms with Crippen LogP contribution >= 0.6 is 11.6 Å². The van der Waals surface area contributed by atoms with Crippen molar-refractivity contribution in [3.05, 3.63) is 94.5 Å². The average Bonchev–Trinajstić information content (AvgIpc) is 3.25. The molecule has 0 bridgehead atoms. The van der Waals surface area contributed by atoms with Gasteiger partial charge in [0.25, 0.3) is 5.91 Å². The SMILES string of the molecule is CCCc1ccc(-c2ccccc2)c(C(=O)N2C(C(=O)O)CCC2c2ccccc2Cl)c1. The largest absolute Gasteiger partial charge is 0.480 e. The molecule has 5 heteroatoms. The predicted molar refractivity (Wildman–Crippen MR) is 127 cm³/mol. The van der Waals surface area contributed by atoms with Crippen LogP contribution < -0.4 is 0 Å². The first-order valence-corrected chi connectivity index (χ1v) is 11.4. The van der Waals surface area contributed by atoms with Gasteiger partial charge < -0.3 is 10.0 Å². The maximum atomic E-state index is 14.0. The summed E-state index contributed by atoms with van der Waals surface area (Å²) >= 11 is 6.46. The number of carbonyl (C=O) groups excluding carboxylic acids is 1. The molecule has 1 fully saturated rings. The molecular weight excluding hydrogens is 422 g/mol. The summed E-state index contributed by atoms with van der Waals surface area (Å²) in [6, 6.07) is 21.8. The minimum atomic E-state index is -0.987. The number of benzene rings is 3. The number of likely N-dealkylation sites (tertiary alicyclic amines) is 1. The molecule has 3 aromatic carbocycles. The molecule has 1 N–H and O–H groups in total. The highest BCUT2D eigenvalue weighted by atomic mass is 35.5. The van der Waals surface area contributed by atoms with Crippen LogP contribution in [0.5, 0.6) is 0 Å². The third-order valence-corrected chi connectivity index (χ3v) is 6.45. The van der Waals surface area contributed by atoms with Crippen molar-refractivity contribution < 1.29 is 14.7 Å². The van der Waals surface area contributed by atoms with E-state index in [0.29, 0.717) is 23.4 Å². The molecule has 2 atom stereocenters. The Morgan fingerprint density at radius 2 is 1.72 bits per heavy atom. The van der Waals surface area contributed by atoms with E-state index in [9.17, 15) is 14.7 Å². The van der Waals surface area contributed by atoms with Crippen LogP contribution in [0.3, 0.4) is 0 Å². The van der Waals surface area contributed by atoms with Crippen LogP contribution in [0.1, 0.15) is 53.7 Å². The topological polar surface area (TPSA) is 57.6 Å². The molecule has 1 aliphatic heterocycles. The second kappa shape index (κ2) is 9.58. The lowest BCUT2D eigenvalue weighted by Gasteiger charge is -2.30. The summed E-state index contributed by atoms with van der Waals surface area (Å²) in [5.41, 5.74) is 4.13. The van der Waals surface area contributed by atoms with Gasteiger partial charge in [-0.2, -0.15) is 0 Å². The van der Waals surface area contributed by atoms with Gasteiger partial charge in [0.1, 0.15) is 6.04 Å². The number of aryl methyl sites for hydroxylation is 1. The summed E-state index contributed by atoms with van der Waals surface area (Å²) in [4.78, 5) is 27.7. The Balaban J connectivity index is 1.84. The van der Waals surface area contributed by atoms with Crippen LogP contribution in [-0.4, -0.2) is 27.9 Å². The zero-order chi connectivity index (χ0) is 22.7. The highest BCUT2D eigenvalue weighted by Gasteiger charge is 2.43. The van der Waals surface area contributed by atoms with Gasteiger partial charge in [-0.3, -0.25) is 4.79 Å². The zero-order valence-corrected chi connectivity index (χ0v) is 18.8. The molecule has 0 saturated carbocycles. The van der Waals surface area contributed by atoms with E-state index in [0.717, 1.165) is 35.1 Å². The lowest BCUT2D eigenvalue weighted by molar-refractivity contribution is -0.141. The second-order valence-corrected chi connectivity index (χ2v) is 8.58. The standard InChI is InChI=1S/C27H26ClNO3/c1-2-8-18-13-14-20(19-9-4-3-5-10-19)22(17-18)26(30)29-24(15-16-25(29)27(31)32)21-11-6-7-12-23(21)28/h3-7,9-14,17,24-25H,2,8,15-16H2,1H3,(H,31,32). The fourth-order valence-electron chi connectivity index (χ4n) is 4.61. The van der Waals surface area contributed by atoms with Crippen molar-refractivity contribution in [2.75, 3.05) is 0 Å². The maximum absolute atomic E-state index is 14.0. The van der Waals surface area contributed by atoms with Crippen LogP contribution in [0.2, 0.25) is 5.02 Å². The Labute approximate surface area is 193 Å². The molecule has 1 heterocycles. The molecule has 4 nitrogen and oxygen atoms in total. The first kappa shape index (κ1) is 22.1. The van der Waals surface area contributed by atoms with E-state index in [1.54, 1.807) is 6.07 Å². The number of carbonyl (C=O) groups is 2. The van der Waals surface area contributed by atoms with Gasteiger partial charge in [-0.15, -0.1) is 0 Å². The molecule has 1 amide bonds. The van der Waals surface area contributed by atoms with E-state index in [4.69, 9.17) is 11.6 Å². The van der Waals surface area contributed by atoms with Gasteiger partial charge in [-0.1, -0.05) is 85.6 Å². The zero-order valence-electron chi connectivity index (χ0n) is 18.0. The van der Waals surface area contributed by atoms with Gasteiger partial charge >= 0.3 is 5.97 Å². The Hall–Kier alpha value is -3.11. The molecule has 0 spiro atoms. The highest BCUT2D eigenvalue weighted by molar-refractivity contribution is 6.31. The third-order valence-electron chi connectivity index (χ3n) is 6.11. The van der Waals surface area contributed by atoms with Crippen molar-refractivity contribution in [3.8, 4) is 11.1 Å². The minimum Gasteiger partial charge on any atom is -0.480 e. The molecule has 1 aliphatic rings. The summed E-state index contributed by atoms with van der Waals surface area (Å²) in [6.45, 7) is 2.10. The second-order valence-electron chi connectivity index (χ2n) is 8.18. The Bertz CT molecular complexity index is 1130. The summed E-state index contributed by atoms with van der Waals surface area (Å²) in [5, 5.41) is 10.5.